The second-order valence-electron chi connectivity index (χ2n) is 6.02. The Morgan fingerprint density at radius 3 is 2.65 bits per heavy atom. The Labute approximate surface area is 122 Å². The van der Waals surface area contributed by atoms with Crippen molar-refractivity contribution in [3.8, 4) is 0 Å². The molecular formula is C15H29N3O2. The molecule has 1 aliphatic carbocycles. The molecule has 5 nitrogen and oxygen atoms in total. The lowest BCUT2D eigenvalue weighted by Crippen LogP contribution is -2.48. The van der Waals surface area contributed by atoms with E-state index in [-0.39, 0.29) is 29.8 Å². The van der Waals surface area contributed by atoms with E-state index in [1.54, 1.807) is 0 Å². The minimum atomic E-state index is -0.110. The second kappa shape index (κ2) is 8.25. The summed E-state index contributed by atoms with van der Waals surface area (Å²) in [5.74, 6) is 0.204. The van der Waals surface area contributed by atoms with Crippen LogP contribution in [0.4, 0.5) is 0 Å². The maximum absolute atomic E-state index is 12.2. The zero-order chi connectivity index (χ0) is 15.1. The molecule has 1 saturated carbocycles. The van der Waals surface area contributed by atoms with Crippen molar-refractivity contribution in [3.63, 3.8) is 0 Å². The quantitative estimate of drug-likeness (QED) is 0.684. The SMILES string of the molecule is CCC(C)NC(=O)CCNC(=O)C1C(C)CCCC1N. The van der Waals surface area contributed by atoms with Gasteiger partial charge in [-0.2, -0.15) is 0 Å². The summed E-state index contributed by atoms with van der Waals surface area (Å²) in [6, 6.07) is 0.137. The summed E-state index contributed by atoms with van der Waals surface area (Å²) in [6.07, 6.45) is 4.31. The number of hydrogen-bond acceptors (Lipinski definition) is 3. The molecule has 4 unspecified atom stereocenters. The lowest BCUT2D eigenvalue weighted by Gasteiger charge is -2.33. The maximum atomic E-state index is 12.2. The molecule has 1 rings (SSSR count). The van der Waals surface area contributed by atoms with Gasteiger partial charge >= 0.3 is 0 Å². The van der Waals surface area contributed by atoms with Gasteiger partial charge in [0.25, 0.3) is 0 Å². The van der Waals surface area contributed by atoms with Crippen molar-refractivity contribution in [2.45, 2.75) is 65.0 Å². The molecule has 1 aliphatic rings. The number of hydrogen-bond donors (Lipinski definition) is 3. The first-order valence-electron chi connectivity index (χ1n) is 7.78. The Balaban J connectivity index is 2.30. The Bertz CT molecular complexity index is 323. The number of carbonyl (C=O) groups is 2. The normalized spacial score (nSPS) is 27.7. The zero-order valence-electron chi connectivity index (χ0n) is 12.9. The van der Waals surface area contributed by atoms with Crippen molar-refractivity contribution in [2.75, 3.05) is 6.54 Å². The monoisotopic (exact) mass is 283 g/mol. The average molecular weight is 283 g/mol. The van der Waals surface area contributed by atoms with Crippen LogP contribution in [0.25, 0.3) is 0 Å². The molecule has 0 aliphatic heterocycles. The van der Waals surface area contributed by atoms with Crippen LogP contribution in [-0.2, 0) is 9.59 Å². The Morgan fingerprint density at radius 1 is 1.35 bits per heavy atom. The van der Waals surface area contributed by atoms with Crippen molar-refractivity contribution in [1.82, 2.24) is 10.6 Å². The smallest absolute Gasteiger partial charge is 0.224 e. The molecule has 0 aromatic rings. The number of amides is 2. The third-order valence-electron chi connectivity index (χ3n) is 4.25. The number of carbonyl (C=O) groups excluding carboxylic acids is 2. The standard InChI is InChI=1S/C15H29N3O2/c1-4-11(3)18-13(19)8-9-17-15(20)14-10(2)6-5-7-12(14)16/h10-12,14H,4-9,16H2,1-3H3,(H,17,20)(H,18,19). The highest BCUT2D eigenvalue weighted by molar-refractivity contribution is 5.81. The van der Waals surface area contributed by atoms with Gasteiger partial charge in [0.1, 0.15) is 0 Å². The first kappa shape index (κ1) is 17.0. The van der Waals surface area contributed by atoms with Gasteiger partial charge in [-0.05, 0) is 32.1 Å². The number of rotatable bonds is 6. The molecule has 0 saturated heterocycles. The van der Waals surface area contributed by atoms with Crippen LogP contribution < -0.4 is 16.4 Å². The first-order chi connectivity index (χ1) is 9.45. The van der Waals surface area contributed by atoms with Crippen molar-refractivity contribution in [2.24, 2.45) is 17.6 Å². The maximum Gasteiger partial charge on any atom is 0.224 e. The largest absolute Gasteiger partial charge is 0.355 e. The summed E-state index contributed by atoms with van der Waals surface area (Å²) in [5, 5.41) is 5.74. The minimum Gasteiger partial charge on any atom is -0.355 e. The van der Waals surface area contributed by atoms with Crippen LogP contribution >= 0.6 is 0 Å². The summed E-state index contributed by atoms with van der Waals surface area (Å²) >= 11 is 0. The molecular weight excluding hydrogens is 254 g/mol. The van der Waals surface area contributed by atoms with E-state index in [4.69, 9.17) is 5.73 Å². The fourth-order valence-electron chi connectivity index (χ4n) is 2.78. The van der Waals surface area contributed by atoms with Gasteiger partial charge in [-0.1, -0.05) is 20.3 Å². The highest BCUT2D eigenvalue weighted by Gasteiger charge is 2.33. The van der Waals surface area contributed by atoms with Gasteiger partial charge in [-0.3, -0.25) is 9.59 Å². The van der Waals surface area contributed by atoms with Crippen LogP contribution in [0.2, 0.25) is 0 Å². The van der Waals surface area contributed by atoms with Gasteiger partial charge in [-0.25, -0.2) is 0 Å². The van der Waals surface area contributed by atoms with Crippen LogP contribution in [0.1, 0.15) is 52.9 Å². The van der Waals surface area contributed by atoms with Crippen molar-refractivity contribution < 1.29 is 9.59 Å². The highest BCUT2D eigenvalue weighted by Crippen LogP contribution is 2.28. The molecule has 2 amide bonds. The molecule has 0 aromatic carbocycles. The molecule has 0 aromatic heterocycles. The van der Waals surface area contributed by atoms with E-state index in [0.717, 1.165) is 25.7 Å². The van der Waals surface area contributed by atoms with E-state index in [0.29, 0.717) is 18.9 Å². The van der Waals surface area contributed by atoms with Crippen molar-refractivity contribution >= 4 is 11.8 Å². The van der Waals surface area contributed by atoms with E-state index in [1.165, 1.54) is 0 Å². The van der Waals surface area contributed by atoms with Gasteiger partial charge in [0, 0.05) is 25.0 Å². The predicted octanol–water partition coefficient (Wildman–Crippen LogP) is 1.17. The molecule has 0 heterocycles. The van der Waals surface area contributed by atoms with E-state index in [9.17, 15) is 9.59 Å². The van der Waals surface area contributed by atoms with Crippen LogP contribution in [0.15, 0.2) is 0 Å². The van der Waals surface area contributed by atoms with Gasteiger partial charge in [0.15, 0.2) is 0 Å². The zero-order valence-corrected chi connectivity index (χ0v) is 12.9. The van der Waals surface area contributed by atoms with Gasteiger partial charge in [-0.15, -0.1) is 0 Å². The Hall–Kier alpha value is -1.10. The summed E-state index contributed by atoms with van der Waals surface area (Å²) in [5.41, 5.74) is 6.05. The topological polar surface area (TPSA) is 84.2 Å². The van der Waals surface area contributed by atoms with E-state index < -0.39 is 0 Å². The van der Waals surface area contributed by atoms with Crippen LogP contribution in [0.3, 0.4) is 0 Å². The summed E-state index contributed by atoms with van der Waals surface area (Å²) in [4.78, 5) is 23.8. The van der Waals surface area contributed by atoms with Crippen molar-refractivity contribution in [1.29, 1.82) is 0 Å². The minimum absolute atomic E-state index is 0.000963. The number of nitrogens with two attached hydrogens (primary N) is 1. The van der Waals surface area contributed by atoms with E-state index in [1.807, 2.05) is 13.8 Å². The molecule has 20 heavy (non-hydrogen) atoms. The summed E-state index contributed by atoms with van der Waals surface area (Å²) in [7, 11) is 0. The highest BCUT2D eigenvalue weighted by atomic mass is 16.2. The lowest BCUT2D eigenvalue weighted by atomic mass is 9.76. The van der Waals surface area contributed by atoms with Crippen LogP contribution in [-0.4, -0.2) is 30.4 Å². The molecule has 0 spiro atoms. The van der Waals surface area contributed by atoms with Crippen LogP contribution in [0.5, 0.6) is 0 Å². The fourth-order valence-corrected chi connectivity index (χ4v) is 2.78. The van der Waals surface area contributed by atoms with Gasteiger partial charge in [0.2, 0.25) is 11.8 Å². The first-order valence-corrected chi connectivity index (χ1v) is 7.78. The Morgan fingerprint density at radius 2 is 2.05 bits per heavy atom. The predicted molar refractivity (Wildman–Crippen MR) is 80.0 cm³/mol. The molecule has 5 heteroatoms. The molecule has 0 bridgehead atoms. The summed E-state index contributed by atoms with van der Waals surface area (Å²) < 4.78 is 0. The van der Waals surface area contributed by atoms with E-state index >= 15 is 0 Å². The third-order valence-corrected chi connectivity index (χ3v) is 4.25. The lowest BCUT2D eigenvalue weighted by molar-refractivity contribution is -0.128. The number of nitrogens with one attached hydrogen (secondary N) is 2. The molecule has 4 N–H and O–H groups in total. The molecule has 0 radical (unpaired) electrons. The molecule has 1 fully saturated rings. The van der Waals surface area contributed by atoms with Crippen LogP contribution in [0, 0.1) is 11.8 Å². The summed E-state index contributed by atoms with van der Waals surface area (Å²) in [6.45, 7) is 6.47. The van der Waals surface area contributed by atoms with Gasteiger partial charge in [0.05, 0.1) is 5.92 Å². The third kappa shape index (κ3) is 5.12. The molecule has 116 valence electrons. The van der Waals surface area contributed by atoms with E-state index in [2.05, 4.69) is 17.6 Å². The second-order valence-corrected chi connectivity index (χ2v) is 6.02. The van der Waals surface area contributed by atoms with Crippen molar-refractivity contribution in [3.05, 3.63) is 0 Å². The van der Waals surface area contributed by atoms with Gasteiger partial charge < -0.3 is 16.4 Å². The average Bonchev–Trinajstić information content (AvgIpc) is 2.38. The Kier molecular flexibility index (Phi) is 6.99. The molecule has 4 atom stereocenters. The fraction of sp³-hybridized carbons (Fsp3) is 0.867.